The van der Waals surface area contributed by atoms with E-state index in [0.717, 1.165) is 12.7 Å². The SMILES string of the molecule is COC(=O)[C@H](CC1CCC(=O)C1)c1ccc(S(C)(=O)=O)c(Cl)c1. The molecule has 1 unspecified atom stereocenters. The molecule has 1 fully saturated rings. The highest BCUT2D eigenvalue weighted by molar-refractivity contribution is 7.90. The van der Waals surface area contributed by atoms with Crippen LogP contribution in [0.2, 0.25) is 5.02 Å². The first-order chi connectivity index (χ1) is 10.7. The van der Waals surface area contributed by atoms with Crippen molar-refractivity contribution in [3.63, 3.8) is 0 Å². The van der Waals surface area contributed by atoms with E-state index in [2.05, 4.69) is 0 Å². The summed E-state index contributed by atoms with van der Waals surface area (Å²) in [6.07, 6.45) is 3.36. The number of carbonyl (C=O) groups is 2. The summed E-state index contributed by atoms with van der Waals surface area (Å²) in [4.78, 5) is 23.6. The van der Waals surface area contributed by atoms with Gasteiger partial charge in [0, 0.05) is 19.1 Å². The van der Waals surface area contributed by atoms with E-state index in [1.807, 2.05) is 0 Å². The lowest BCUT2D eigenvalue weighted by Gasteiger charge is -2.19. The standard InChI is InChI=1S/C16H19ClO5S/c1-22-16(19)13(8-10-3-5-12(18)7-10)11-4-6-15(14(17)9-11)23(2,20)21/h4,6,9-10,13H,3,5,7-8H2,1-2H3/t10?,13-/m1/s1. The highest BCUT2D eigenvalue weighted by Crippen LogP contribution is 2.35. The number of ketones is 1. The molecule has 0 bridgehead atoms. The Balaban J connectivity index is 2.30. The average molecular weight is 359 g/mol. The smallest absolute Gasteiger partial charge is 0.313 e. The Kier molecular flexibility index (Phi) is 5.47. The minimum atomic E-state index is -3.42. The van der Waals surface area contributed by atoms with Crippen LogP contribution in [0.5, 0.6) is 0 Å². The fourth-order valence-electron chi connectivity index (χ4n) is 2.97. The molecule has 7 heteroatoms. The molecule has 1 aromatic rings. The van der Waals surface area contributed by atoms with E-state index in [1.54, 1.807) is 6.07 Å². The first-order valence-electron chi connectivity index (χ1n) is 7.31. The van der Waals surface area contributed by atoms with Crippen molar-refractivity contribution in [1.82, 2.24) is 0 Å². The molecular formula is C16H19ClO5S. The van der Waals surface area contributed by atoms with Crippen LogP contribution in [0.25, 0.3) is 0 Å². The normalized spacial score (nSPS) is 19.6. The average Bonchev–Trinajstić information content (AvgIpc) is 2.88. The van der Waals surface area contributed by atoms with Gasteiger partial charge in [-0.25, -0.2) is 8.42 Å². The molecule has 0 saturated heterocycles. The van der Waals surface area contributed by atoms with Crippen molar-refractivity contribution in [2.75, 3.05) is 13.4 Å². The van der Waals surface area contributed by atoms with Crippen LogP contribution in [-0.4, -0.2) is 33.5 Å². The minimum absolute atomic E-state index is 0.0302. The lowest BCUT2D eigenvalue weighted by atomic mass is 9.88. The van der Waals surface area contributed by atoms with E-state index in [9.17, 15) is 18.0 Å². The molecule has 2 atom stereocenters. The second kappa shape index (κ2) is 7.01. The second-order valence-electron chi connectivity index (χ2n) is 5.92. The number of hydrogen-bond acceptors (Lipinski definition) is 5. The third-order valence-corrected chi connectivity index (χ3v) is 5.74. The molecule has 2 rings (SSSR count). The van der Waals surface area contributed by atoms with Crippen molar-refractivity contribution in [3.05, 3.63) is 28.8 Å². The monoisotopic (exact) mass is 358 g/mol. The van der Waals surface area contributed by atoms with Crippen LogP contribution in [0.1, 0.15) is 37.2 Å². The van der Waals surface area contributed by atoms with Crippen LogP contribution >= 0.6 is 11.6 Å². The number of Topliss-reactive ketones (excluding diaryl/α,β-unsaturated/α-hetero) is 1. The van der Waals surface area contributed by atoms with Crippen LogP contribution < -0.4 is 0 Å². The van der Waals surface area contributed by atoms with E-state index >= 15 is 0 Å². The summed E-state index contributed by atoms with van der Waals surface area (Å²) in [5.41, 5.74) is 0.605. The number of sulfone groups is 1. The van der Waals surface area contributed by atoms with Gasteiger partial charge in [0.2, 0.25) is 0 Å². The molecule has 126 valence electrons. The fourth-order valence-corrected chi connectivity index (χ4v) is 4.31. The van der Waals surface area contributed by atoms with Gasteiger partial charge in [0.25, 0.3) is 0 Å². The van der Waals surface area contributed by atoms with Crippen LogP contribution in [0.15, 0.2) is 23.1 Å². The summed E-state index contributed by atoms with van der Waals surface area (Å²) < 4.78 is 28.1. The second-order valence-corrected chi connectivity index (χ2v) is 8.31. The van der Waals surface area contributed by atoms with Gasteiger partial charge in [-0.3, -0.25) is 9.59 Å². The maximum Gasteiger partial charge on any atom is 0.313 e. The Morgan fingerprint density at radius 1 is 1.43 bits per heavy atom. The summed E-state index contributed by atoms with van der Waals surface area (Å²) in [6.45, 7) is 0. The highest BCUT2D eigenvalue weighted by Gasteiger charge is 2.30. The first kappa shape index (κ1) is 17.9. The van der Waals surface area contributed by atoms with Gasteiger partial charge >= 0.3 is 5.97 Å². The number of esters is 1. The summed E-state index contributed by atoms with van der Waals surface area (Å²) in [5.74, 6) is -0.612. The number of halogens is 1. The number of hydrogen-bond donors (Lipinski definition) is 0. The predicted molar refractivity (Wildman–Crippen MR) is 86.3 cm³/mol. The lowest BCUT2D eigenvalue weighted by molar-refractivity contribution is -0.143. The van der Waals surface area contributed by atoms with E-state index in [-0.39, 0.29) is 21.6 Å². The van der Waals surface area contributed by atoms with Gasteiger partial charge in [-0.2, -0.15) is 0 Å². The molecule has 0 heterocycles. The van der Waals surface area contributed by atoms with Crippen molar-refractivity contribution in [3.8, 4) is 0 Å². The Morgan fingerprint density at radius 2 is 2.13 bits per heavy atom. The number of carbonyl (C=O) groups excluding carboxylic acids is 2. The summed E-state index contributed by atoms with van der Waals surface area (Å²) in [5, 5.41) is 0.0846. The van der Waals surface area contributed by atoms with Crippen molar-refractivity contribution >= 4 is 33.2 Å². The van der Waals surface area contributed by atoms with E-state index < -0.39 is 21.7 Å². The third kappa shape index (κ3) is 4.32. The molecule has 5 nitrogen and oxygen atoms in total. The van der Waals surface area contributed by atoms with Gasteiger partial charge in [0.15, 0.2) is 9.84 Å². The molecule has 1 aliphatic carbocycles. The number of ether oxygens (including phenoxy) is 1. The van der Waals surface area contributed by atoms with E-state index in [0.29, 0.717) is 24.8 Å². The Bertz CT molecular complexity index is 726. The molecule has 1 aliphatic rings. The van der Waals surface area contributed by atoms with Gasteiger partial charge in [0.05, 0.1) is 22.9 Å². The van der Waals surface area contributed by atoms with Gasteiger partial charge in [-0.15, -0.1) is 0 Å². The molecule has 23 heavy (non-hydrogen) atoms. The predicted octanol–water partition coefficient (Wildman–Crippen LogP) is 2.76. The van der Waals surface area contributed by atoms with Crippen molar-refractivity contribution in [2.24, 2.45) is 5.92 Å². The zero-order valence-electron chi connectivity index (χ0n) is 13.0. The molecule has 0 aromatic heterocycles. The molecule has 1 aromatic carbocycles. The molecule has 0 spiro atoms. The maximum atomic E-state index is 12.1. The summed E-state index contributed by atoms with van der Waals surface area (Å²) in [6, 6.07) is 4.49. The van der Waals surface area contributed by atoms with Crippen molar-refractivity contribution < 1.29 is 22.7 Å². The summed E-state index contributed by atoms with van der Waals surface area (Å²) >= 11 is 6.06. The fraction of sp³-hybridized carbons (Fsp3) is 0.500. The number of methoxy groups -OCH3 is 1. The molecule has 0 aliphatic heterocycles. The zero-order chi connectivity index (χ0) is 17.2. The van der Waals surface area contributed by atoms with Gasteiger partial charge < -0.3 is 4.74 Å². The number of benzene rings is 1. The van der Waals surface area contributed by atoms with Crippen LogP contribution in [0.4, 0.5) is 0 Å². The van der Waals surface area contributed by atoms with Crippen LogP contribution in [-0.2, 0) is 24.2 Å². The Hall–Kier alpha value is -1.40. The largest absolute Gasteiger partial charge is 0.469 e. The summed E-state index contributed by atoms with van der Waals surface area (Å²) in [7, 11) is -2.12. The molecule has 0 N–H and O–H groups in total. The van der Waals surface area contributed by atoms with Gasteiger partial charge in [-0.1, -0.05) is 17.7 Å². The lowest BCUT2D eigenvalue weighted by Crippen LogP contribution is -2.17. The molecule has 0 radical (unpaired) electrons. The molecule has 0 amide bonds. The third-order valence-electron chi connectivity index (χ3n) is 4.16. The maximum absolute atomic E-state index is 12.1. The first-order valence-corrected chi connectivity index (χ1v) is 9.58. The minimum Gasteiger partial charge on any atom is -0.469 e. The highest BCUT2D eigenvalue weighted by atomic mass is 35.5. The van der Waals surface area contributed by atoms with Crippen molar-refractivity contribution in [2.45, 2.75) is 36.5 Å². The van der Waals surface area contributed by atoms with E-state index in [1.165, 1.54) is 19.2 Å². The van der Waals surface area contributed by atoms with Crippen LogP contribution in [0.3, 0.4) is 0 Å². The Morgan fingerprint density at radius 3 is 2.61 bits per heavy atom. The Labute approximate surface area is 140 Å². The topological polar surface area (TPSA) is 77.5 Å². The van der Waals surface area contributed by atoms with Crippen molar-refractivity contribution in [1.29, 1.82) is 0 Å². The van der Waals surface area contributed by atoms with Gasteiger partial charge in [0.1, 0.15) is 5.78 Å². The van der Waals surface area contributed by atoms with E-state index in [4.69, 9.17) is 16.3 Å². The number of rotatable bonds is 5. The molecule has 1 saturated carbocycles. The van der Waals surface area contributed by atoms with Crippen LogP contribution in [0, 0.1) is 5.92 Å². The zero-order valence-corrected chi connectivity index (χ0v) is 14.6. The van der Waals surface area contributed by atoms with Gasteiger partial charge in [-0.05, 0) is 36.5 Å². The molecular weight excluding hydrogens is 340 g/mol. The quantitative estimate of drug-likeness (QED) is 0.756.